The summed E-state index contributed by atoms with van der Waals surface area (Å²) in [6.07, 6.45) is 3.92. The van der Waals surface area contributed by atoms with Gasteiger partial charge in [-0.3, -0.25) is 0 Å². The van der Waals surface area contributed by atoms with Gasteiger partial charge in [0.2, 0.25) is 0 Å². The number of hydrogen-bond donors (Lipinski definition) is 1. The highest BCUT2D eigenvalue weighted by Gasteiger charge is 2.46. The first-order valence-corrected chi connectivity index (χ1v) is 6.25. The Balaban J connectivity index is 0.000000845. The van der Waals surface area contributed by atoms with Crippen LogP contribution in [0.3, 0.4) is 0 Å². The fourth-order valence-electron chi connectivity index (χ4n) is 2.36. The molecule has 3 nitrogen and oxygen atoms in total. The molecule has 1 heterocycles. The lowest BCUT2D eigenvalue weighted by Crippen LogP contribution is -2.52. The molecule has 1 N–H and O–H groups in total. The topological polar surface area (TPSA) is 46.2 Å². The van der Waals surface area contributed by atoms with Gasteiger partial charge in [0.25, 0.3) is 0 Å². The molecule has 0 unspecified atom stereocenters. The molecular weight excluding hydrogens is 210 g/mol. The summed E-state index contributed by atoms with van der Waals surface area (Å²) in [5.74, 6) is 0.340. The fraction of sp³-hybridized carbons (Fsp3) is 1.00. The molecule has 1 aliphatic heterocycles. The Morgan fingerprint density at radius 1 is 1.15 bits per heavy atom. The molecular formula is C8H16ClNO2S. The van der Waals surface area contributed by atoms with Gasteiger partial charge in [-0.15, -0.1) is 12.4 Å². The van der Waals surface area contributed by atoms with Crippen LogP contribution in [-0.2, 0) is 9.84 Å². The van der Waals surface area contributed by atoms with Crippen LogP contribution >= 0.6 is 12.4 Å². The standard InChI is InChI=1S/C8H15NO2S.ClH/c10-12(11)6-5-9-7-8(12)3-1-2-4-8;/h9H,1-7H2;1H. The van der Waals surface area contributed by atoms with Gasteiger partial charge in [-0.25, -0.2) is 8.42 Å². The van der Waals surface area contributed by atoms with E-state index < -0.39 is 9.84 Å². The molecule has 1 saturated carbocycles. The van der Waals surface area contributed by atoms with Crippen LogP contribution in [0.5, 0.6) is 0 Å². The minimum absolute atomic E-state index is 0. The van der Waals surface area contributed by atoms with E-state index in [1.807, 2.05) is 0 Å². The van der Waals surface area contributed by atoms with Crippen LogP contribution in [0.25, 0.3) is 0 Å². The van der Waals surface area contributed by atoms with Crippen molar-refractivity contribution in [3.63, 3.8) is 0 Å². The molecule has 0 bridgehead atoms. The van der Waals surface area contributed by atoms with Crippen LogP contribution in [0.15, 0.2) is 0 Å². The van der Waals surface area contributed by atoms with Gasteiger partial charge in [0.05, 0.1) is 10.5 Å². The van der Waals surface area contributed by atoms with Crippen LogP contribution in [0.2, 0.25) is 0 Å². The number of hydrogen-bond acceptors (Lipinski definition) is 3. The Labute approximate surface area is 85.6 Å². The number of halogens is 1. The maximum absolute atomic E-state index is 11.8. The van der Waals surface area contributed by atoms with E-state index in [-0.39, 0.29) is 17.2 Å². The number of nitrogens with one attached hydrogen (secondary N) is 1. The minimum Gasteiger partial charge on any atom is -0.314 e. The maximum Gasteiger partial charge on any atom is 0.158 e. The summed E-state index contributed by atoms with van der Waals surface area (Å²) in [6, 6.07) is 0. The van der Waals surface area contributed by atoms with Gasteiger partial charge in [0.1, 0.15) is 0 Å². The minimum atomic E-state index is -2.79. The summed E-state index contributed by atoms with van der Waals surface area (Å²) >= 11 is 0. The van der Waals surface area contributed by atoms with Gasteiger partial charge in [-0.05, 0) is 12.8 Å². The summed E-state index contributed by atoms with van der Waals surface area (Å²) in [6.45, 7) is 1.33. The highest BCUT2D eigenvalue weighted by Crippen LogP contribution is 2.37. The highest BCUT2D eigenvalue weighted by molar-refractivity contribution is 7.92. The second kappa shape index (κ2) is 3.75. The molecule has 5 heteroatoms. The maximum atomic E-state index is 11.8. The van der Waals surface area contributed by atoms with Crippen molar-refractivity contribution in [3.05, 3.63) is 0 Å². The Morgan fingerprint density at radius 3 is 2.31 bits per heavy atom. The highest BCUT2D eigenvalue weighted by atomic mass is 35.5. The van der Waals surface area contributed by atoms with Crippen molar-refractivity contribution < 1.29 is 8.42 Å². The summed E-state index contributed by atoms with van der Waals surface area (Å²) in [4.78, 5) is 0. The molecule has 0 aromatic rings. The smallest absolute Gasteiger partial charge is 0.158 e. The van der Waals surface area contributed by atoms with E-state index in [0.29, 0.717) is 18.8 Å². The van der Waals surface area contributed by atoms with Crippen molar-refractivity contribution in [3.8, 4) is 0 Å². The van der Waals surface area contributed by atoms with E-state index in [4.69, 9.17) is 0 Å². The van der Waals surface area contributed by atoms with E-state index in [2.05, 4.69) is 5.32 Å². The number of rotatable bonds is 0. The third kappa shape index (κ3) is 1.72. The summed E-state index contributed by atoms with van der Waals surface area (Å²) in [7, 11) is -2.79. The van der Waals surface area contributed by atoms with Crippen LogP contribution in [0, 0.1) is 0 Å². The summed E-state index contributed by atoms with van der Waals surface area (Å²) in [5.41, 5.74) is 0. The first-order chi connectivity index (χ1) is 5.66. The second-order valence-electron chi connectivity index (χ2n) is 3.89. The normalized spacial score (nSPS) is 29.8. The summed E-state index contributed by atoms with van der Waals surface area (Å²) < 4.78 is 23.2. The third-order valence-electron chi connectivity index (χ3n) is 3.17. The van der Waals surface area contributed by atoms with Crippen molar-refractivity contribution in [2.45, 2.75) is 30.4 Å². The zero-order valence-electron chi connectivity index (χ0n) is 7.58. The second-order valence-corrected chi connectivity index (χ2v) is 6.39. The molecule has 0 atom stereocenters. The molecule has 0 amide bonds. The predicted octanol–water partition coefficient (Wildman–Crippen LogP) is 0.739. The molecule has 2 rings (SSSR count). The third-order valence-corrected chi connectivity index (χ3v) is 5.78. The molecule has 0 aromatic heterocycles. The first-order valence-electron chi connectivity index (χ1n) is 4.59. The predicted molar refractivity (Wildman–Crippen MR) is 55.1 cm³/mol. The SMILES string of the molecule is Cl.O=S1(=O)CCNCC12CCCC2. The van der Waals surface area contributed by atoms with Crippen molar-refractivity contribution in [1.82, 2.24) is 5.32 Å². The van der Waals surface area contributed by atoms with Crippen molar-refractivity contribution in [2.75, 3.05) is 18.8 Å². The molecule has 1 spiro atoms. The van der Waals surface area contributed by atoms with Gasteiger partial charge in [-0.1, -0.05) is 12.8 Å². The molecule has 2 fully saturated rings. The van der Waals surface area contributed by atoms with Crippen molar-refractivity contribution in [2.24, 2.45) is 0 Å². The lowest BCUT2D eigenvalue weighted by molar-refractivity contribution is 0.461. The monoisotopic (exact) mass is 225 g/mol. The average Bonchev–Trinajstić information content (AvgIpc) is 2.46. The van der Waals surface area contributed by atoms with Crippen molar-refractivity contribution >= 4 is 22.2 Å². The van der Waals surface area contributed by atoms with Gasteiger partial charge in [-0.2, -0.15) is 0 Å². The number of sulfone groups is 1. The largest absolute Gasteiger partial charge is 0.314 e. The molecule has 13 heavy (non-hydrogen) atoms. The zero-order chi connectivity index (χ0) is 8.66. The zero-order valence-corrected chi connectivity index (χ0v) is 9.22. The van der Waals surface area contributed by atoms with E-state index in [1.54, 1.807) is 0 Å². The lowest BCUT2D eigenvalue weighted by Gasteiger charge is -2.33. The van der Waals surface area contributed by atoms with E-state index >= 15 is 0 Å². The van der Waals surface area contributed by atoms with Crippen LogP contribution in [0.4, 0.5) is 0 Å². The van der Waals surface area contributed by atoms with Gasteiger partial charge in [0.15, 0.2) is 9.84 Å². The van der Waals surface area contributed by atoms with E-state index in [0.717, 1.165) is 25.7 Å². The molecule has 1 saturated heterocycles. The fourth-order valence-corrected chi connectivity index (χ4v) is 4.44. The Hall–Kier alpha value is 0.200. The average molecular weight is 226 g/mol. The van der Waals surface area contributed by atoms with Crippen LogP contribution in [-0.4, -0.2) is 32.0 Å². The van der Waals surface area contributed by atoms with Crippen molar-refractivity contribution in [1.29, 1.82) is 0 Å². The molecule has 0 radical (unpaired) electrons. The Kier molecular flexibility index (Phi) is 3.25. The molecule has 1 aliphatic carbocycles. The van der Waals surface area contributed by atoms with E-state index in [1.165, 1.54) is 0 Å². The van der Waals surface area contributed by atoms with Gasteiger partial charge < -0.3 is 5.32 Å². The lowest BCUT2D eigenvalue weighted by atomic mass is 10.1. The quantitative estimate of drug-likeness (QED) is 0.662. The van der Waals surface area contributed by atoms with Gasteiger partial charge in [0, 0.05) is 13.1 Å². The van der Waals surface area contributed by atoms with Crippen LogP contribution in [0.1, 0.15) is 25.7 Å². The van der Waals surface area contributed by atoms with Crippen LogP contribution < -0.4 is 5.32 Å². The molecule has 78 valence electrons. The van der Waals surface area contributed by atoms with Gasteiger partial charge >= 0.3 is 0 Å². The van der Waals surface area contributed by atoms with E-state index in [9.17, 15) is 8.42 Å². The summed E-state index contributed by atoms with van der Waals surface area (Å²) in [5, 5.41) is 3.19. The Bertz CT molecular complexity index is 270. The first kappa shape index (κ1) is 11.3. The Morgan fingerprint density at radius 2 is 1.77 bits per heavy atom. The molecule has 0 aromatic carbocycles. The molecule has 2 aliphatic rings.